The zero-order chi connectivity index (χ0) is 27.5. The smallest absolute Gasteiger partial charge is 0.272 e. The van der Waals surface area contributed by atoms with Crippen LogP contribution < -0.4 is 10.6 Å². The van der Waals surface area contributed by atoms with Gasteiger partial charge in [-0.1, -0.05) is 36.9 Å². The standard InChI is InChI=1S/C16H20ClNO.C10H12N4O3.CH3F/c1-12-5-6-13(17)14(11-12)18-10-9-16(15(18)19)7-3-2-4-8-16;11-8(15)6-7(13-5-12-6)9(16)14-1-10(2-14)3-17-4-10;1-2/h5-6,11H,2-4,7-10H2,1H3;5H,1-4H2,(H2,11,15)(H,12,13);1H3. The number of amides is 3. The molecule has 3 saturated heterocycles. The monoisotopic (exact) mass is 547 g/mol. The van der Waals surface area contributed by atoms with Crippen molar-refractivity contribution in [3.8, 4) is 0 Å². The van der Waals surface area contributed by atoms with E-state index in [0.717, 1.165) is 37.1 Å². The van der Waals surface area contributed by atoms with Gasteiger partial charge in [0.2, 0.25) is 5.91 Å². The molecule has 0 atom stereocenters. The topological polar surface area (TPSA) is 122 Å². The number of likely N-dealkylation sites (tertiary alicyclic amines) is 1. The van der Waals surface area contributed by atoms with Crippen molar-refractivity contribution in [3.05, 3.63) is 46.5 Å². The maximum Gasteiger partial charge on any atom is 0.272 e. The molecule has 206 valence electrons. The molecule has 3 amide bonds. The Morgan fingerprint density at radius 2 is 1.82 bits per heavy atom. The molecule has 6 rings (SSSR count). The lowest BCUT2D eigenvalue weighted by molar-refractivity contribution is -0.176. The van der Waals surface area contributed by atoms with E-state index in [1.54, 1.807) is 4.90 Å². The van der Waals surface area contributed by atoms with Crippen molar-refractivity contribution in [2.24, 2.45) is 16.6 Å². The van der Waals surface area contributed by atoms with Crippen molar-refractivity contribution in [2.75, 3.05) is 44.9 Å². The minimum atomic E-state index is -0.697. The number of nitrogens with one attached hydrogen (secondary N) is 1. The summed E-state index contributed by atoms with van der Waals surface area (Å²) in [6, 6.07) is 5.91. The summed E-state index contributed by atoms with van der Waals surface area (Å²) in [5.41, 5.74) is 7.43. The number of aromatic amines is 1. The summed E-state index contributed by atoms with van der Waals surface area (Å²) in [7, 11) is 0.500. The number of hydrogen-bond acceptors (Lipinski definition) is 5. The molecule has 3 aliphatic heterocycles. The lowest BCUT2D eigenvalue weighted by atomic mass is 9.73. The number of carbonyl (C=O) groups excluding carboxylic acids is 3. The largest absolute Gasteiger partial charge is 0.380 e. The van der Waals surface area contributed by atoms with Gasteiger partial charge in [-0.05, 0) is 43.9 Å². The number of imidazole rings is 1. The van der Waals surface area contributed by atoms with Crippen LogP contribution in [0.3, 0.4) is 0 Å². The highest BCUT2D eigenvalue weighted by atomic mass is 35.5. The maximum absolute atomic E-state index is 12.8. The van der Waals surface area contributed by atoms with Gasteiger partial charge in [-0.25, -0.2) is 4.98 Å². The van der Waals surface area contributed by atoms with E-state index >= 15 is 0 Å². The second kappa shape index (κ2) is 11.4. The molecule has 0 bridgehead atoms. The van der Waals surface area contributed by atoms with E-state index in [1.165, 1.54) is 25.6 Å². The number of aromatic nitrogens is 2. The van der Waals surface area contributed by atoms with Crippen LogP contribution in [0.4, 0.5) is 10.1 Å². The molecule has 0 unspecified atom stereocenters. The Morgan fingerprint density at radius 1 is 1.13 bits per heavy atom. The van der Waals surface area contributed by atoms with Crippen LogP contribution in [0.15, 0.2) is 24.5 Å². The Hall–Kier alpha value is -2.98. The molecule has 4 fully saturated rings. The van der Waals surface area contributed by atoms with Crippen molar-refractivity contribution < 1.29 is 23.5 Å². The first-order valence-corrected chi connectivity index (χ1v) is 13.3. The first-order valence-electron chi connectivity index (χ1n) is 12.9. The molecule has 1 aromatic heterocycles. The molecule has 4 heterocycles. The Kier molecular flexibility index (Phi) is 8.42. The summed E-state index contributed by atoms with van der Waals surface area (Å²) in [5.74, 6) is -0.620. The molecule has 2 aromatic rings. The Bertz CT molecular complexity index is 1180. The van der Waals surface area contributed by atoms with Crippen molar-refractivity contribution in [1.29, 1.82) is 0 Å². The molecule has 4 aliphatic rings. The number of aryl methyl sites for hydroxylation is 1. The van der Waals surface area contributed by atoms with Gasteiger partial charge >= 0.3 is 0 Å². The average molecular weight is 548 g/mol. The lowest BCUT2D eigenvalue weighted by Crippen LogP contribution is -2.67. The van der Waals surface area contributed by atoms with Gasteiger partial charge in [0.1, 0.15) is 5.69 Å². The van der Waals surface area contributed by atoms with Crippen molar-refractivity contribution in [1.82, 2.24) is 14.9 Å². The van der Waals surface area contributed by atoms with Crippen molar-refractivity contribution in [3.63, 3.8) is 0 Å². The minimum absolute atomic E-state index is 0.000749. The van der Waals surface area contributed by atoms with Gasteiger partial charge in [0, 0.05) is 19.6 Å². The van der Waals surface area contributed by atoms with Crippen LogP contribution in [-0.4, -0.2) is 72.6 Å². The number of rotatable bonds is 3. The Labute approximate surface area is 226 Å². The first kappa shape index (κ1) is 28.0. The van der Waals surface area contributed by atoms with Crippen LogP contribution in [-0.2, 0) is 9.53 Å². The van der Waals surface area contributed by atoms with Crippen LogP contribution in [0.1, 0.15) is 65.1 Å². The molecule has 9 nitrogen and oxygen atoms in total. The van der Waals surface area contributed by atoms with E-state index < -0.39 is 5.91 Å². The molecule has 2 spiro atoms. The SMILES string of the molecule is CF.Cc1ccc(Cl)c(N2CCC3(CCCCC3)C2=O)c1.NC(=O)c1nc[nH]c1C(=O)N1CC2(COC2)C1. The molecule has 1 aromatic carbocycles. The summed E-state index contributed by atoms with van der Waals surface area (Å²) >= 11 is 6.28. The third-order valence-corrected chi connectivity index (χ3v) is 8.28. The minimum Gasteiger partial charge on any atom is -0.380 e. The van der Waals surface area contributed by atoms with E-state index in [-0.39, 0.29) is 28.1 Å². The maximum atomic E-state index is 12.8. The highest BCUT2D eigenvalue weighted by Gasteiger charge is 2.51. The summed E-state index contributed by atoms with van der Waals surface area (Å²) in [6.45, 7) is 5.62. The number of anilines is 1. The fourth-order valence-electron chi connectivity index (χ4n) is 5.86. The van der Waals surface area contributed by atoms with E-state index in [0.29, 0.717) is 44.4 Å². The number of benzene rings is 1. The van der Waals surface area contributed by atoms with Crippen LogP contribution in [0.2, 0.25) is 5.02 Å². The summed E-state index contributed by atoms with van der Waals surface area (Å²) in [4.78, 5) is 45.9. The van der Waals surface area contributed by atoms with Crippen LogP contribution in [0.5, 0.6) is 0 Å². The third kappa shape index (κ3) is 5.29. The predicted molar refractivity (Wildman–Crippen MR) is 142 cm³/mol. The van der Waals surface area contributed by atoms with Gasteiger partial charge in [-0.2, -0.15) is 0 Å². The zero-order valence-corrected chi connectivity index (χ0v) is 22.7. The van der Waals surface area contributed by atoms with E-state index in [4.69, 9.17) is 22.1 Å². The van der Waals surface area contributed by atoms with Gasteiger partial charge in [0.25, 0.3) is 11.8 Å². The number of nitrogens with zero attached hydrogens (tertiary/aromatic N) is 3. The number of primary amides is 1. The summed E-state index contributed by atoms with van der Waals surface area (Å²) in [6.07, 6.45) is 8.09. The summed E-state index contributed by atoms with van der Waals surface area (Å²) < 4.78 is 14.6. The number of carbonyl (C=O) groups is 3. The number of hydrogen-bond donors (Lipinski definition) is 2. The van der Waals surface area contributed by atoms with Gasteiger partial charge in [-0.15, -0.1) is 0 Å². The predicted octanol–water partition coefficient (Wildman–Crippen LogP) is 3.90. The normalized spacial score (nSPS) is 20.6. The van der Waals surface area contributed by atoms with Gasteiger partial charge in [0.15, 0.2) is 5.69 Å². The molecule has 3 N–H and O–H groups in total. The third-order valence-electron chi connectivity index (χ3n) is 7.96. The number of H-pyrrole nitrogens is 1. The van der Waals surface area contributed by atoms with Crippen molar-refractivity contribution >= 4 is 35.0 Å². The molecular formula is C27H35ClFN5O4. The molecule has 38 heavy (non-hydrogen) atoms. The summed E-state index contributed by atoms with van der Waals surface area (Å²) in [5, 5.41) is 0.687. The first-order chi connectivity index (χ1) is 18.2. The number of halogens is 2. The quantitative estimate of drug-likeness (QED) is 0.603. The van der Waals surface area contributed by atoms with Gasteiger partial charge < -0.3 is 25.3 Å². The fourth-order valence-corrected chi connectivity index (χ4v) is 6.07. The van der Waals surface area contributed by atoms with Crippen LogP contribution >= 0.6 is 11.6 Å². The molecule has 1 aliphatic carbocycles. The van der Waals surface area contributed by atoms with Gasteiger partial charge in [-0.3, -0.25) is 18.8 Å². The fraction of sp³-hybridized carbons (Fsp3) is 0.556. The zero-order valence-electron chi connectivity index (χ0n) is 21.9. The highest BCUT2D eigenvalue weighted by molar-refractivity contribution is 6.34. The molecule has 11 heteroatoms. The van der Waals surface area contributed by atoms with Crippen LogP contribution in [0.25, 0.3) is 0 Å². The lowest BCUT2D eigenvalue weighted by Gasteiger charge is -2.54. The van der Waals surface area contributed by atoms with E-state index in [1.807, 2.05) is 30.0 Å². The van der Waals surface area contributed by atoms with Gasteiger partial charge in [0.05, 0.1) is 48.3 Å². The molecular weight excluding hydrogens is 513 g/mol. The van der Waals surface area contributed by atoms with Crippen molar-refractivity contribution in [2.45, 2.75) is 45.4 Å². The molecule has 0 radical (unpaired) electrons. The number of nitrogens with two attached hydrogens (primary N) is 1. The molecule has 1 saturated carbocycles. The second-order valence-corrected chi connectivity index (χ2v) is 11.1. The average Bonchev–Trinajstić information content (AvgIpc) is 3.47. The highest BCUT2D eigenvalue weighted by Crippen LogP contribution is 2.47. The second-order valence-electron chi connectivity index (χ2n) is 10.6. The Balaban J connectivity index is 0.000000167. The number of alkyl halides is 1. The van der Waals surface area contributed by atoms with E-state index in [2.05, 4.69) is 9.97 Å². The Morgan fingerprint density at radius 3 is 2.42 bits per heavy atom. The van der Waals surface area contributed by atoms with Crippen LogP contribution in [0, 0.1) is 17.8 Å². The van der Waals surface area contributed by atoms with E-state index in [9.17, 15) is 18.8 Å². The number of ether oxygens (including phenoxy) is 1.